The number of ether oxygens (including phenoxy) is 2. The summed E-state index contributed by atoms with van der Waals surface area (Å²) in [4.78, 5) is 28.2. The molecule has 0 saturated carbocycles. The van der Waals surface area contributed by atoms with Gasteiger partial charge in [0.2, 0.25) is 5.91 Å². The summed E-state index contributed by atoms with van der Waals surface area (Å²) in [5, 5.41) is 0. The predicted octanol–water partition coefficient (Wildman–Crippen LogP) is 1.05. The van der Waals surface area contributed by atoms with Gasteiger partial charge in [-0.05, 0) is 31.2 Å². The molecule has 0 radical (unpaired) electrons. The van der Waals surface area contributed by atoms with Crippen molar-refractivity contribution in [2.24, 2.45) is 0 Å². The molecule has 2 aliphatic heterocycles. The van der Waals surface area contributed by atoms with Crippen LogP contribution in [0.4, 0.5) is 5.69 Å². The molecule has 0 aliphatic carbocycles. The molecule has 6 heteroatoms. The molecule has 0 unspecified atom stereocenters. The Morgan fingerprint density at radius 1 is 1.18 bits per heavy atom. The fraction of sp³-hybridized carbons (Fsp3) is 0.500. The van der Waals surface area contributed by atoms with E-state index < -0.39 is 0 Å². The van der Waals surface area contributed by atoms with E-state index in [0.29, 0.717) is 38.6 Å². The molecule has 2 saturated heterocycles. The van der Waals surface area contributed by atoms with Gasteiger partial charge in [-0.1, -0.05) is 0 Å². The van der Waals surface area contributed by atoms with Gasteiger partial charge in [-0.15, -0.1) is 0 Å². The van der Waals surface area contributed by atoms with Gasteiger partial charge in [0.25, 0.3) is 5.91 Å². The van der Waals surface area contributed by atoms with Crippen molar-refractivity contribution in [3.63, 3.8) is 0 Å². The molecule has 2 aliphatic rings. The van der Waals surface area contributed by atoms with Gasteiger partial charge in [-0.3, -0.25) is 14.5 Å². The standard InChI is InChI=1S/C16H20N2O4/c1-2-22-13-5-3-12(4-6-13)18-15(19)11-14(16(18)20)17-7-9-21-10-8-17/h3-6,14H,2,7-11H2,1H3/t14-/m1/s1. The van der Waals surface area contributed by atoms with E-state index >= 15 is 0 Å². The first kappa shape index (κ1) is 15.0. The maximum atomic E-state index is 12.6. The Hall–Kier alpha value is -1.92. The lowest BCUT2D eigenvalue weighted by Gasteiger charge is -2.30. The minimum Gasteiger partial charge on any atom is -0.494 e. The topological polar surface area (TPSA) is 59.1 Å². The van der Waals surface area contributed by atoms with Crippen LogP contribution in [-0.2, 0) is 14.3 Å². The lowest BCUT2D eigenvalue weighted by atomic mass is 10.2. The molecule has 22 heavy (non-hydrogen) atoms. The molecule has 0 spiro atoms. The van der Waals surface area contributed by atoms with E-state index in [4.69, 9.17) is 9.47 Å². The predicted molar refractivity (Wildman–Crippen MR) is 80.9 cm³/mol. The van der Waals surface area contributed by atoms with Gasteiger partial charge in [0.15, 0.2) is 0 Å². The van der Waals surface area contributed by atoms with Crippen molar-refractivity contribution in [2.75, 3.05) is 37.8 Å². The second-order valence-corrected chi connectivity index (χ2v) is 5.36. The third kappa shape index (κ3) is 2.84. The number of rotatable bonds is 4. The van der Waals surface area contributed by atoms with Crippen molar-refractivity contribution in [3.8, 4) is 5.75 Å². The minimum atomic E-state index is -0.358. The van der Waals surface area contributed by atoms with Crippen molar-refractivity contribution in [1.82, 2.24) is 4.90 Å². The smallest absolute Gasteiger partial charge is 0.251 e. The van der Waals surface area contributed by atoms with Gasteiger partial charge >= 0.3 is 0 Å². The number of imide groups is 1. The molecule has 2 fully saturated rings. The van der Waals surface area contributed by atoms with Gasteiger partial charge in [0.05, 0.1) is 38.0 Å². The van der Waals surface area contributed by atoms with Crippen LogP contribution in [0.2, 0.25) is 0 Å². The number of morpholine rings is 1. The average molecular weight is 304 g/mol. The van der Waals surface area contributed by atoms with E-state index in [2.05, 4.69) is 0 Å². The number of hydrogen-bond acceptors (Lipinski definition) is 5. The zero-order valence-corrected chi connectivity index (χ0v) is 12.7. The van der Waals surface area contributed by atoms with E-state index in [1.165, 1.54) is 4.90 Å². The van der Waals surface area contributed by atoms with Gasteiger partial charge in [-0.25, -0.2) is 4.90 Å². The minimum absolute atomic E-state index is 0.143. The molecule has 3 rings (SSSR count). The number of benzene rings is 1. The SMILES string of the molecule is CCOc1ccc(N2C(=O)C[C@@H](N3CCOCC3)C2=O)cc1. The molecule has 1 aromatic rings. The molecular formula is C16H20N2O4. The number of anilines is 1. The quantitative estimate of drug-likeness (QED) is 0.778. The summed E-state index contributed by atoms with van der Waals surface area (Å²) in [6.45, 7) is 5.11. The number of nitrogens with zero attached hydrogens (tertiary/aromatic N) is 2. The second kappa shape index (κ2) is 6.46. The van der Waals surface area contributed by atoms with Crippen LogP contribution in [0.1, 0.15) is 13.3 Å². The van der Waals surface area contributed by atoms with Crippen molar-refractivity contribution in [3.05, 3.63) is 24.3 Å². The molecule has 2 amide bonds. The van der Waals surface area contributed by atoms with Crippen LogP contribution in [0.5, 0.6) is 5.75 Å². The molecule has 0 N–H and O–H groups in total. The highest BCUT2D eigenvalue weighted by Crippen LogP contribution is 2.27. The molecule has 1 aromatic carbocycles. The normalized spacial score (nSPS) is 23.1. The van der Waals surface area contributed by atoms with Crippen LogP contribution < -0.4 is 9.64 Å². The van der Waals surface area contributed by atoms with Crippen molar-refractivity contribution in [1.29, 1.82) is 0 Å². The van der Waals surface area contributed by atoms with Gasteiger partial charge in [0.1, 0.15) is 5.75 Å². The number of amides is 2. The van der Waals surface area contributed by atoms with E-state index in [0.717, 1.165) is 5.75 Å². The Kier molecular flexibility index (Phi) is 4.40. The molecule has 118 valence electrons. The van der Waals surface area contributed by atoms with E-state index in [-0.39, 0.29) is 24.3 Å². The summed E-state index contributed by atoms with van der Waals surface area (Å²) >= 11 is 0. The van der Waals surface area contributed by atoms with E-state index in [1.54, 1.807) is 24.3 Å². The molecule has 0 aromatic heterocycles. The third-order valence-corrected chi connectivity index (χ3v) is 4.02. The van der Waals surface area contributed by atoms with Gasteiger partial charge in [-0.2, -0.15) is 0 Å². The summed E-state index contributed by atoms with van der Waals surface area (Å²) in [6.07, 6.45) is 0.242. The first-order valence-electron chi connectivity index (χ1n) is 7.62. The Balaban J connectivity index is 1.76. The van der Waals surface area contributed by atoms with Crippen LogP contribution in [0.3, 0.4) is 0 Å². The first-order chi connectivity index (χ1) is 10.7. The number of hydrogen-bond donors (Lipinski definition) is 0. The molecule has 1 atom stereocenters. The maximum absolute atomic E-state index is 12.6. The number of carbonyl (C=O) groups excluding carboxylic acids is 2. The first-order valence-corrected chi connectivity index (χ1v) is 7.62. The summed E-state index contributed by atoms with van der Waals surface area (Å²) in [7, 11) is 0. The summed E-state index contributed by atoms with van der Waals surface area (Å²) in [6, 6.07) is 6.71. The fourth-order valence-corrected chi connectivity index (χ4v) is 2.92. The lowest BCUT2D eigenvalue weighted by Crippen LogP contribution is -2.47. The summed E-state index contributed by atoms with van der Waals surface area (Å²) in [5.41, 5.74) is 0.606. The summed E-state index contributed by atoms with van der Waals surface area (Å²) in [5.74, 6) is 0.441. The van der Waals surface area contributed by atoms with Gasteiger partial charge in [0, 0.05) is 13.1 Å². The Labute approximate surface area is 129 Å². The highest BCUT2D eigenvalue weighted by molar-refractivity contribution is 6.22. The molecular weight excluding hydrogens is 284 g/mol. The largest absolute Gasteiger partial charge is 0.494 e. The Morgan fingerprint density at radius 2 is 1.86 bits per heavy atom. The lowest BCUT2D eigenvalue weighted by molar-refractivity contribution is -0.123. The zero-order valence-electron chi connectivity index (χ0n) is 12.7. The molecule has 2 heterocycles. The highest BCUT2D eigenvalue weighted by atomic mass is 16.5. The fourth-order valence-electron chi connectivity index (χ4n) is 2.92. The van der Waals surface area contributed by atoms with Crippen LogP contribution >= 0.6 is 0 Å². The van der Waals surface area contributed by atoms with Crippen LogP contribution in [0, 0.1) is 0 Å². The van der Waals surface area contributed by atoms with E-state index in [9.17, 15) is 9.59 Å². The van der Waals surface area contributed by atoms with Crippen molar-refractivity contribution >= 4 is 17.5 Å². The zero-order chi connectivity index (χ0) is 15.5. The Morgan fingerprint density at radius 3 is 2.50 bits per heavy atom. The van der Waals surface area contributed by atoms with Gasteiger partial charge < -0.3 is 9.47 Å². The second-order valence-electron chi connectivity index (χ2n) is 5.36. The summed E-state index contributed by atoms with van der Waals surface area (Å²) < 4.78 is 10.7. The maximum Gasteiger partial charge on any atom is 0.251 e. The van der Waals surface area contributed by atoms with Crippen LogP contribution in [0.15, 0.2) is 24.3 Å². The van der Waals surface area contributed by atoms with E-state index in [1.807, 2.05) is 11.8 Å². The molecule has 6 nitrogen and oxygen atoms in total. The van der Waals surface area contributed by atoms with Crippen LogP contribution in [0.25, 0.3) is 0 Å². The van der Waals surface area contributed by atoms with Crippen molar-refractivity contribution in [2.45, 2.75) is 19.4 Å². The van der Waals surface area contributed by atoms with Crippen molar-refractivity contribution < 1.29 is 19.1 Å². The van der Waals surface area contributed by atoms with Crippen LogP contribution in [-0.4, -0.2) is 55.7 Å². The molecule has 0 bridgehead atoms. The Bertz CT molecular complexity index is 552. The highest BCUT2D eigenvalue weighted by Gasteiger charge is 2.42. The number of carbonyl (C=O) groups is 2. The monoisotopic (exact) mass is 304 g/mol. The third-order valence-electron chi connectivity index (χ3n) is 4.02. The average Bonchev–Trinajstić information content (AvgIpc) is 2.84.